The molecule has 4 aliphatic rings. The second kappa shape index (κ2) is 19.3. The number of fused-ring (bicyclic) bond motifs is 2. The molecule has 362 valence electrons. The number of aromatic nitrogens is 4. The first-order chi connectivity index (χ1) is 32.7. The Morgan fingerprint density at radius 2 is 1.21 bits per heavy atom. The first-order valence-corrected chi connectivity index (χ1v) is 24.5. The molecule has 68 heavy (non-hydrogen) atoms. The molecule has 17 heteroatoms. The Kier molecular flexibility index (Phi) is 13.3. The van der Waals surface area contributed by atoms with Crippen molar-refractivity contribution in [3.8, 4) is 0 Å². The molecule has 4 aliphatic heterocycles. The fourth-order valence-electron chi connectivity index (χ4n) is 11.1. The van der Waals surface area contributed by atoms with Gasteiger partial charge >= 0.3 is 12.2 Å². The van der Waals surface area contributed by atoms with Crippen LogP contribution >= 0.6 is 0 Å². The Labute approximate surface area is 396 Å². The molecule has 9 rings (SSSR count). The van der Waals surface area contributed by atoms with Crippen molar-refractivity contribution in [2.75, 3.05) is 43.1 Å². The molecule has 0 unspecified atom stereocenters. The monoisotopic (exact) mass is 933 g/mol. The topological polar surface area (TPSA) is 192 Å². The van der Waals surface area contributed by atoms with E-state index in [9.17, 15) is 24.3 Å². The number of nitrogens with zero attached hydrogens (tertiary/aromatic N) is 6. The van der Waals surface area contributed by atoms with Crippen molar-refractivity contribution in [2.24, 2.45) is 17.8 Å². The molecule has 4 amide bonds. The zero-order chi connectivity index (χ0) is 48.0. The van der Waals surface area contributed by atoms with Crippen molar-refractivity contribution in [2.45, 2.75) is 122 Å². The number of amides is 4. The number of benzene rings is 3. The maximum Gasteiger partial charge on any atom is 0.407 e. The standard InChI is InChI=1S/C51H65FN10O6/c1-28(2)44(57-50(65)66)48(63)60-21-7-9-42(60)46-53-35-14-11-31(25-37(35)55-46)39-17-18-40(62(39)33-13-16-41(34(52)27-33)59-23-19-30(5)20-24-59)32-12-15-36-38(26-32)56-47(54-36)43-10-8-22-61(43)49(64)45(29(3)4)58-51(67)68-6/h11-16,25-30,39-40,42-45,57H,7-10,17-24H2,1-6H3,(H,53,55)(H,54,56)(H,58,67)(H,65,66)/t39-,40-,42+,43+,44+,45+/m1/s1. The second-order valence-corrected chi connectivity index (χ2v) is 20.0. The molecule has 0 radical (unpaired) electrons. The highest BCUT2D eigenvalue weighted by Crippen LogP contribution is 2.49. The van der Waals surface area contributed by atoms with Crippen LogP contribution in [-0.2, 0) is 14.3 Å². The number of carboxylic acid groups (broad SMARTS) is 1. The summed E-state index contributed by atoms with van der Waals surface area (Å²) in [6.07, 6.45) is 4.79. The van der Waals surface area contributed by atoms with Crippen LogP contribution in [-0.4, -0.2) is 104 Å². The fraction of sp³-hybridized carbons (Fsp3) is 0.529. The van der Waals surface area contributed by atoms with Gasteiger partial charge in [-0.25, -0.2) is 23.9 Å². The van der Waals surface area contributed by atoms with Crippen LogP contribution in [0.1, 0.15) is 133 Å². The van der Waals surface area contributed by atoms with Gasteiger partial charge in [0, 0.05) is 31.9 Å². The van der Waals surface area contributed by atoms with Crippen LogP contribution in [0.3, 0.4) is 0 Å². The average molecular weight is 933 g/mol. The summed E-state index contributed by atoms with van der Waals surface area (Å²) in [5.74, 6) is 0.948. The molecule has 6 atom stereocenters. The second-order valence-electron chi connectivity index (χ2n) is 20.0. The highest BCUT2D eigenvalue weighted by atomic mass is 19.1. The molecule has 5 aromatic rings. The van der Waals surface area contributed by atoms with Gasteiger partial charge in [0.1, 0.15) is 29.5 Å². The summed E-state index contributed by atoms with van der Waals surface area (Å²) < 4.78 is 21.3. The molecule has 0 bridgehead atoms. The number of methoxy groups -OCH3 is 1. The van der Waals surface area contributed by atoms with E-state index in [4.69, 9.17) is 14.7 Å². The number of aromatic amines is 2. The summed E-state index contributed by atoms with van der Waals surface area (Å²) in [6, 6.07) is 15.7. The molecular formula is C51H65FN10O6. The number of halogens is 1. The first kappa shape index (κ1) is 46.7. The van der Waals surface area contributed by atoms with Crippen LogP contribution in [0.25, 0.3) is 22.1 Å². The maximum atomic E-state index is 16.5. The summed E-state index contributed by atoms with van der Waals surface area (Å²) >= 11 is 0. The number of H-pyrrole nitrogens is 2. The quantitative estimate of drug-likeness (QED) is 0.0807. The molecule has 0 spiro atoms. The number of carbonyl (C=O) groups is 4. The molecule has 6 heterocycles. The molecule has 0 aliphatic carbocycles. The Hall–Kier alpha value is -6.39. The minimum atomic E-state index is -1.23. The van der Waals surface area contributed by atoms with Crippen LogP contribution in [0.2, 0.25) is 0 Å². The van der Waals surface area contributed by atoms with Gasteiger partial charge in [0.15, 0.2) is 0 Å². The summed E-state index contributed by atoms with van der Waals surface area (Å²) in [5.41, 5.74) is 6.71. The normalized spacial score (nSPS) is 22.2. The number of anilines is 2. The predicted molar refractivity (Wildman–Crippen MR) is 258 cm³/mol. The lowest BCUT2D eigenvalue weighted by Crippen LogP contribution is -2.51. The lowest BCUT2D eigenvalue weighted by Gasteiger charge is -2.35. The van der Waals surface area contributed by atoms with Crippen LogP contribution in [0.15, 0.2) is 54.6 Å². The number of hydrogen-bond donors (Lipinski definition) is 5. The molecule has 0 saturated carbocycles. The Bertz CT molecular complexity index is 2680. The van der Waals surface area contributed by atoms with Gasteiger partial charge in [-0.2, -0.15) is 0 Å². The number of carbonyl (C=O) groups excluding carboxylic acids is 3. The third-order valence-corrected chi connectivity index (χ3v) is 14.9. The molecule has 2 aromatic heterocycles. The molecule has 5 N–H and O–H groups in total. The van der Waals surface area contributed by atoms with E-state index in [2.05, 4.69) is 67.7 Å². The number of alkyl carbamates (subject to hydrolysis) is 1. The van der Waals surface area contributed by atoms with Gasteiger partial charge in [0.25, 0.3) is 0 Å². The van der Waals surface area contributed by atoms with Crippen LogP contribution in [0, 0.1) is 23.6 Å². The molecule has 16 nitrogen and oxygen atoms in total. The number of ether oxygens (including phenoxy) is 1. The van der Waals surface area contributed by atoms with Crippen LogP contribution in [0.5, 0.6) is 0 Å². The van der Waals surface area contributed by atoms with E-state index < -0.39 is 24.3 Å². The zero-order valence-corrected chi connectivity index (χ0v) is 39.9. The van der Waals surface area contributed by atoms with Crippen molar-refractivity contribution < 1.29 is 33.4 Å². The largest absolute Gasteiger partial charge is 0.465 e. The van der Waals surface area contributed by atoms with E-state index in [1.807, 2.05) is 50.8 Å². The van der Waals surface area contributed by atoms with Gasteiger partial charge < -0.3 is 50.0 Å². The molecule has 4 fully saturated rings. The smallest absolute Gasteiger partial charge is 0.407 e. The molecule has 3 aromatic carbocycles. The summed E-state index contributed by atoms with van der Waals surface area (Å²) in [5, 5.41) is 14.6. The molecule has 4 saturated heterocycles. The Morgan fingerprint density at radius 3 is 1.68 bits per heavy atom. The number of piperidine rings is 1. The summed E-state index contributed by atoms with van der Waals surface area (Å²) in [4.78, 5) is 76.7. The Morgan fingerprint density at radius 1 is 0.691 bits per heavy atom. The van der Waals surface area contributed by atoms with E-state index in [1.165, 1.54) is 7.11 Å². The van der Waals surface area contributed by atoms with E-state index in [-0.39, 0.29) is 53.6 Å². The highest BCUT2D eigenvalue weighted by Gasteiger charge is 2.41. The molecular weight excluding hydrogens is 868 g/mol. The van der Waals surface area contributed by atoms with Gasteiger partial charge in [-0.05, 0) is 123 Å². The van der Waals surface area contributed by atoms with Crippen molar-refractivity contribution in [1.29, 1.82) is 0 Å². The lowest BCUT2D eigenvalue weighted by molar-refractivity contribution is -0.136. The fourth-order valence-corrected chi connectivity index (χ4v) is 11.1. The van der Waals surface area contributed by atoms with Gasteiger partial charge in [-0.15, -0.1) is 0 Å². The van der Waals surface area contributed by atoms with E-state index in [0.29, 0.717) is 42.8 Å². The van der Waals surface area contributed by atoms with E-state index in [1.54, 1.807) is 11.0 Å². The van der Waals surface area contributed by atoms with Crippen molar-refractivity contribution in [3.63, 3.8) is 0 Å². The van der Waals surface area contributed by atoms with Crippen LogP contribution in [0.4, 0.5) is 25.4 Å². The summed E-state index contributed by atoms with van der Waals surface area (Å²) in [6.45, 7) is 12.4. The first-order valence-electron chi connectivity index (χ1n) is 24.5. The van der Waals surface area contributed by atoms with Gasteiger partial charge in [0.2, 0.25) is 11.8 Å². The summed E-state index contributed by atoms with van der Waals surface area (Å²) in [7, 11) is 1.29. The van der Waals surface area contributed by atoms with Gasteiger partial charge in [-0.1, -0.05) is 46.8 Å². The number of nitrogens with one attached hydrogen (secondary N) is 4. The number of imidazole rings is 2. The highest BCUT2D eigenvalue weighted by molar-refractivity contribution is 5.87. The van der Waals surface area contributed by atoms with Crippen molar-refractivity contribution in [3.05, 3.63) is 83.2 Å². The lowest BCUT2D eigenvalue weighted by atomic mass is 9.98. The van der Waals surface area contributed by atoms with Gasteiger partial charge in [0.05, 0.1) is 59.0 Å². The van der Waals surface area contributed by atoms with Gasteiger partial charge in [-0.3, -0.25) is 9.59 Å². The number of likely N-dealkylation sites (tertiary alicyclic amines) is 2. The maximum absolute atomic E-state index is 16.5. The average Bonchev–Trinajstić information content (AvgIpc) is 4.18. The third kappa shape index (κ3) is 9.15. The minimum absolute atomic E-state index is 0.122. The number of rotatable bonds is 12. The Balaban J connectivity index is 1.03. The SMILES string of the molecule is COC(=O)N[C@H](C(=O)N1CCC[C@H]1c1nc2cc([C@H]3CC[C@H](c4ccc5[nH]c([C@@H]6CCCN6C(=O)[C@@H](NC(=O)O)C(C)C)nc5c4)N3c3ccc(N4CCC(C)CC4)c(F)c3)ccc2[nH]1)C(C)C. The third-order valence-electron chi connectivity index (χ3n) is 14.9. The minimum Gasteiger partial charge on any atom is -0.465 e. The van der Waals surface area contributed by atoms with Crippen LogP contribution < -0.4 is 20.4 Å². The van der Waals surface area contributed by atoms with E-state index >= 15 is 4.39 Å². The van der Waals surface area contributed by atoms with E-state index in [0.717, 1.165) is 96.9 Å². The number of hydrogen-bond acceptors (Lipinski definition) is 9. The zero-order valence-electron chi connectivity index (χ0n) is 39.9. The van der Waals surface area contributed by atoms with Crippen molar-refractivity contribution in [1.82, 2.24) is 40.4 Å². The predicted octanol–water partition coefficient (Wildman–Crippen LogP) is 8.90. The van der Waals surface area contributed by atoms with Crippen molar-refractivity contribution >= 4 is 57.4 Å².